The third-order valence-corrected chi connectivity index (χ3v) is 6.80. The van der Waals surface area contributed by atoms with Crippen LogP contribution in [-0.2, 0) is 14.8 Å². The highest BCUT2D eigenvalue weighted by atomic mass is 32.2. The van der Waals surface area contributed by atoms with Crippen LogP contribution >= 0.6 is 11.3 Å². The minimum absolute atomic E-state index is 0.149. The third kappa shape index (κ3) is 5.26. The van der Waals surface area contributed by atoms with Crippen molar-refractivity contribution in [3.63, 3.8) is 0 Å². The lowest BCUT2D eigenvalue weighted by atomic mass is 9.98. The van der Waals surface area contributed by atoms with Crippen molar-refractivity contribution in [3.05, 3.63) is 71.3 Å². The molecule has 0 saturated carbocycles. The number of rotatable bonds is 7. The average molecular weight is 431 g/mol. The van der Waals surface area contributed by atoms with E-state index < -0.39 is 16.1 Å². The maximum absolute atomic E-state index is 13.0. The highest BCUT2D eigenvalue weighted by molar-refractivity contribution is 7.91. The number of sulfonamides is 1. The van der Waals surface area contributed by atoms with Crippen LogP contribution in [-0.4, -0.2) is 24.5 Å². The first-order chi connectivity index (χ1) is 13.8. The summed E-state index contributed by atoms with van der Waals surface area (Å²) in [5.74, 6) is -0.499. The maximum atomic E-state index is 13.0. The summed E-state index contributed by atoms with van der Waals surface area (Å²) < 4.78 is 28.5. The van der Waals surface area contributed by atoms with Crippen LogP contribution in [0.15, 0.2) is 58.9 Å². The lowest BCUT2D eigenvalue weighted by molar-refractivity contribution is -0.118. The Hall–Kier alpha value is -2.62. The molecule has 152 valence electrons. The molecule has 0 aliphatic rings. The van der Waals surface area contributed by atoms with Gasteiger partial charge in [-0.25, -0.2) is 8.42 Å². The van der Waals surface area contributed by atoms with Crippen LogP contribution in [0.1, 0.15) is 36.6 Å². The van der Waals surface area contributed by atoms with Crippen LogP contribution in [0, 0.1) is 12.8 Å². The fraction of sp³-hybridized carbons (Fsp3) is 0.250. The van der Waals surface area contributed by atoms with Crippen LogP contribution in [0.25, 0.3) is 0 Å². The number of hydrogen-bond acceptors (Lipinski definition) is 6. The van der Waals surface area contributed by atoms with E-state index in [2.05, 4.69) is 20.2 Å². The number of amides is 1. The van der Waals surface area contributed by atoms with Gasteiger partial charge < -0.3 is 5.32 Å². The second kappa shape index (κ2) is 8.81. The summed E-state index contributed by atoms with van der Waals surface area (Å²) in [5.41, 5.74) is 2.65. The molecule has 1 heterocycles. The molecular formula is C20H22N4O3S2. The molecule has 1 amide bonds. The predicted molar refractivity (Wildman–Crippen MR) is 113 cm³/mol. The molecule has 0 fully saturated rings. The number of hydrogen-bond donors (Lipinski definition) is 2. The van der Waals surface area contributed by atoms with Crippen molar-refractivity contribution in [2.24, 2.45) is 5.92 Å². The third-order valence-electron chi connectivity index (χ3n) is 4.17. The van der Waals surface area contributed by atoms with Gasteiger partial charge >= 0.3 is 0 Å². The zero-order chi connectivity index (χ0) is 21.0. The minimum atomic E-state index is -3.96. The average Bonchev–Trinajstić information content (AvgIpc) is 3.16. The number of anilines is 1. The van der Waals surface area contributed by atoms with E-state index in [0.717, 1.165) is 28.0 Å². The van der Waals surface area contributed by atoms with Crippen LogP contribution in [0.5, 0.6) is 0 Å². The summed E-state index contributed by atoms with van der Waals surface area (Å²) in [4.78, 5) is 11.8. The number of aryl methyl sites for hydroxylation is 1. The van der Waals surface area contributed by atoms with Crippen molar-refractivity contribution in [3.8, 4) is 0 Å². The van der Waals surface area contributed by atoms with Gasteiger partial charge in [-0.2, -0.15) is 4.72 Å². The van der Waals surface area contributed by atoms with Gasteiger partial charge in [-0.1, -0.05) is 85.3 Å². The SMILES string of the molecule is Cc1cccc([C@@H](NS(=O)(=O)c2nnc(NC(=O)C(C)C)s2)c2ccccc2)c1. The van der Waals surface area contributed by atoms with E-state index in [9.17, 15) is 13.2 Å². The lowest BCUT2D eigenvalue weighted by Gasteiger charge is -2.19. The molecule has 3 aromatic rings. The smallest absolute Gasteiger partial charge is 0.270 e. The molecular weight excluding hydrogens is 408 g/mol. The molecule has 0 aliphatic carbocycles. The van der Waals surface area contributed by atoms with Gasteiger partial charge in [0.15, 0.2) is 0 Å². The largest absolute Gasteiger partial charge is 0.300 e. The molecule has 2 N–H and O–H groups in total. The van der Waals surface area contributed by atoms with Crippen molar-refractivity contribution in [1.29, 1.82) is 0 Å². The lowest BCUT2D eigenvalue weighted by Crippen LogP contribution is -2.29. The van der Waals surface area contributed by atoms with Gasteiger partial charge in [-0.15, -0.1) is 10.2 Å². The monoisotopic (exact) mass is 430 g/mol. The Morgan fingerprint density at radius 3 is 2.34 bits per heavy atom. The Morgan fingerprint density at radius 2 is 1.69 bits per heavy atom. The molecule has 0 bridgehead atoms. The Balaban J connectivity index is 1.91. The van der Waals surface area contributed by atoms with Crippen LogP contribution < -0.4 is 10.0 Å². The molecule has 1 atom stereocenters. The maximum Gasteiger partial charge on any atom is 0.270 e. The molecule has 0 aliphatic heterocycles. The molecule has 0 saturated heterocycles. The fourth-order valence-electron chi connectivity index (χ4n) is 2.65. The molecule has 3 rings (SSSR count). The molecule has 0 unspecified atom stereocenters. The second-order valence-electron chi connectivity index (χ2n) is 6.90. The number of benzene rings is 2. The first-order valence-electron chi connectivity index (χ1n) is 9.04. The van der Waals surface area contributed by atoms with Gasteiger partial charge in [0.1, 0.15) is 0 Å². The summed E-state index contributed by atoms with van der Waals surface area (Å²) in [6.45, 7) is 5.43. The molecule has 0 spiro atoms. The standard InChI is InChI=1S/C20H22N4O3S2/c1-13(2)18(25)21-19-22-23-20(28-19)29(26,27)24-17(15-9-5-4-6-10-15)16-11-7-8-14(3)12-16/h4-13,17,24H,1-3H3,(H,21,22,25)/t17-/m0/s1. The molecule has 7 nitrogen and oxygen atoms in total. The molecule has 0 radical (unpaired) electrons. The number of aromatic nitrogens is 2. The van der Waals surface area contributed by atoms with Crippen molar-refractivity contribution in [2.75, 3.05) is 5.32 Å². The van der Waals surface area contributed by atoms with Gasteiger partial charge in [0.25, 0.3) is 10.0 Å². The van der Waals surface area contributed by atoms with E-state index in [0.29, 0.717) is 0 Å². The Bertz CT molecular complexity index is 1100. The van der Waals surface area contributed by atoms with Crippen LogP contribution in [0.4, 0.5) is 5.13 Å². The Kier molecular flexibility index (Phi) is 6.41. The van der Waals surface area contributed by atoms with Crippen molar-refractivity contribution in [2.45, 2.75) is 31.2 Å². The second-order valence-corrected chi connectivity index (χ2v) is 9.76. The van der Waals surface area contributed by atoms with Gasteiger partial charge in [-0.05, 0) is 18.1 Å². The highest BCUT2D eigenvalue weighted by Crippen LogP contribution is 2.27. The van der Waals surface area contributed by atoms with Gasteiger partial charge in [0, 0.05) is 5.92 Å². The summed E-state index contributed by atoms with van der Waals surface area (Å²) in [6, 6.07) is 16.4. The first kappa shape index (κ1) is 21.1. The van der Waals surface area contributed by atoms with Crippen LogP contribution in [0.3, 0.4) is 0 Å². The summed E-state index contributed by atoms with van der Waals surface area (Å²) in [5, 5.41) is 10.3. The zero-order valence-corrected chi connectivity index (χ0v) is 17.9. The quantitative estimate of drug-likeness (QED) is 0.559. The number of carbonyl (C=O) groups excluding carboxylic acids is 1. The van der Waals surface area contributed by atoms with Crippen molar-refractivity contribution in [1.82, 2.24) is 14.9 Å². The molecule has 2 aromatic carbocycles. The van der Waals surface area contributed by atoms with Crippen LogP contribution in [0.2, 0.25) is 0 Å². The van der Waals surface area contributed by atoms with E-state index in [1.165, 1.54) is 0 Å². The summed E-state index contributed by atoms with van der Waals surface area (Å²) in [6.07, 6.45) is 0. The van der Waals surface area contributed by atoms with E-state index in [1.54, 1.807) is 13.8 Å². The Labute approximate surface area is 174 Å². The van der Waals surface area contributed by atoms with E-state index in [1.807, 2.05) is 61.5 Å². The van der Waals surface area contributed by atoms with Gasteiger partial charge in [-0.3, -0.25) is 4.79 Å². The number of nitrogens with one attached hydrogen (secondary N) is 2. The van der Waals surface area contributed by atoms with E-state index in [-0.39, 0.29) is 21.3 Å². The van der Waals surface area contributed by atoms with E-state index in [4.69, 9.17) is 0 Å². The van der Waals surface area contributed by atoms with Gasteiger partial charge in [0.2, 0.25) is 15.4 Å². The fourth-order valence-corrected chi connectivity index (χ4v) is 4.78. The zero-order valence-electron chi connectivity index (χ0n) is 16.3. The normalized spacial score (nSPS) is 12.7. The predicted octanol–water partition coefficient (Wildman–Crippen LogP) is 3.51. The molecule has 1 aromatic heterocycles. The van der Waals surface area contributed by atoms with Gasteiger partial charge in [0.05, 0.1) is 6.04 Å². The molecule has 29 heavy (non-hydrogen) atoms. The summed E-state index contributed by atoms with van der Waals surface area (Å²) >= 11 is 0.816. The molecule has 9 heteroatoms. The number of nitrogens with zero attached hydrogens (tertiary/aromatic N) is 2. The minimum Gasteiger partial charge on any atom is -0.300 e. The topological polar surface area (TPSA) is 101 Å². The van der Waals surface area contributed by atoms with Crippen molar-refractivity contribution < 1.29 is 13.2 Å². The first-order valence-corrected chi connectivity index (χ1v) is 11.3. The van der Waals surface area contributed by atoms with Crippen molar-refractivity contribution >= 4 is 32.4 Å². The highest BCUT2D eigenvalue weighted by Gasteiger charge is 2.27. The van der Waals surface area contributed by atoms with E-state index >= 15 is 0 Å². The summed E-state index contributed by atoms with van der Waals surface area (Å²) in [7, 11) is -3.96. The number of carbonyl (C=O) groups is 1. The Morgan fingerprint density at radius 1 is 1.00 bits per heavy atom.